The number of aliphatic hydroxyl groups is 1. The SMILES string of the molecule is CC1CCN(CC2CC2)CC1O. The minimum Gasteiger partial charge on any atom is -0.392 e. The topological polar surface area (TPSA) is 23.5 Å². The second-order valence-electron chi connectivity index (χ2n) is 4.54. The molecule has 2 heteroatoms. The Kier molecular flexibility index (Phi) is 2.37. The number of hydrogen-bond donors (Lipinski definition) is 1. The third-order valence-corrected chi connectivity index (χ3v) is 3.22. The molecule has 1 saturated heterocycles. The first-order chi connectivity index (χ1) is 5.75. The number of aliphatic hydroxyl groups excluding tert-OH is 1. The highest BCUT2D eigenvalue weighted by atomic mass is 16.3. The minimum atomic E-state index is -0.0718. The molecule has 0 bridgehead atoms. The zero-order chi connectivity index (χ0) is 8.55. The average molecular weight is 169 g/mol. The number of piperidine rings is 1. The molecule has 2 nitrogen and oxygen atoms in total. The summed E-state index contributed by atoms with van der Waals surface area (Å²) in [7, 11) is 0. The van der Waals surface area contributed by atoms with Gasteiger partial charge in [-0.2, -0.15) is 0 Å². The number of rotatable bonds is 2. The summed E-state index contributed by atoms with van der Waals surface area (Å²) in [5.41, 5.74) is 0. The zero-order valence-corrected chi connectivity index (χ0v) is 7.87. The van der Waals surface area contributed by atoms with Gasteiger partial charge in [0.2, 0.25) is 0 Å². The molecule has 1 aliphatic heterocycles. The monoisotopic (exact) mass is 169 g/mol. The minimum absolute atomic E-state index is 0.0718. The first-order valence-corrected chi connectivity index (χ1v) is 5.16. The predicted molar refractivity (Wildman–Crippen MR) is 49.0 cm³/mol. The van der Waals surface area contributed by atoms with Gasteiger partial charge in [-0.25, -0.2) is 0 Å². The Morgan fingerprint density at radius 1 is 1.33 bits per heavy atom. The Morgan fingerprint density at radius 3 is 2.67 bits per heavy atom. The van der Waals surface area contributed by atoms with E-state index in [0.717, 1.165) is 12.5 Å². The fraction of sp³-hybridized carbons (Fsp3) is 1.00. The molecular formula is C10H19NO. The van der Waals surface area contributed by atoms with E-state index in [9.17, 15) is 5.11 Å². The van der Waals surface area contributed by atoms with Crippen LogP contribution in [0.15, 0.2) is 0 Å². The van der Waals surface area contributed by atoms with Crippen molar-refractivity contribution in [2.45, 2.75) is 32.3 Å². The summed E-state index contributed by atoms with van der Waals surface area (Å²) in [6.07, 6.45) is 3.94. The number of nitrogens with zero attached hydrogens (tertiary/aromatic N) is 1. The standard InChI is InChI=1S/C10H19NO/c1-8-4-5-11(7-10(8)12)6-9-2-3-9/h8-10,12H,2-7H2,1H3. The lowest BCUT2D eigenvalue weighted by molar-refractivity contribution is 0.0274. The van der Waals surface area contributed by atoms with Crippen molar-refractivity contribution in [2.75, 3.05) is 19.6 Å². The third kappa shape index (κ3) is 1.99. The van der Waals surface area contributed by atoms with Crippen LogP contribution in [-0.2, 0) is 0 Å². The van der Waals surface area contributed by atoms with E-state index in [2.05, 4.69) is 11.8 Å². The molecule has 0 aromatic carbocycles. The lowest BCUT2D eigenvalue weighted by Crippen LogP contribution is -2.43. The maximum absolute atomic E-state index is 9.64. The maximum Gasteiger partial charge on any atom is 0.0693 e. The van der Waals surface area contributed by atoms with Crippen LogP contribution in [0.3, 0.4) is 0 Å². The Balaban J connectivity index is 1.76. The van der Waals surface area contributed by atoms with Crippen molar-refractivity contribution in [3.63, 3.8) is 0 Å². The van der Waals surface area contributed by atoms with E-state index in [1.807, 2.05) is 0 Å². The molecule has 70 valence electrons. The van der Waals surface area contributed by atoms with E-state index in [1.54, 1.807) is 0 Å². The fourth-order valence-corrected chi connectivity index (χ4v) is 1.95. The Morgan fingerprint density at radius 2 is 2.08 bits per heavy atom. The van der Waals surface area contributed by atoms with Gasteiger partial charge in [0.25, 0.3) is 0 Å². The molecule has 1 aliphatic carbocycles. The first-order valence-electron chi connectivity index (χ1n) is 5.16. The van der Waals surface area contributed by atoms with E-state index in [1.165, 1.54) is 32.4 Å². The van der Waals surface area contributed by atoms with Gasteiger partial charge in [-0.05, 0) is 37.6 Å². The molecule has 2 aliphatic rings. The Hall–Kier alpha value is -0.0800. The van der Waals surface area contributed by atoms with Gasteiger partial charge in [-0.3, -0.25) is 0 Å². The highest BCUT2D eigenvalue weighted by molar-refractivity contribution is 4.82. The molecule has 2 unspecified atom stereocenters. The Bertz CT molecular complexity index is 156. The summed E-state index contributed by atoms with van der Waals surface area (Å²) >= 11 is 0. The van der Waals surface area contributed by atoms with Gasteiger partial charge in [0.1, 0.15) is 0 Å². The van der Waals surface area contributed by atoms with Crippen molar-refractivity contribution in [1.82, 2.24) is 4.90 Å². The van der Waals surface area contributed by atoms with Gasteiger partial charge in [0.05, 0.1) is 6.10 Å². The molecule has 2 fully saturated rings. The van der Waals surface area contributed by atoms with E-state index >= 15 is 0 Å². The van der Waals surface area contributed by atoms with E-state index in [-0.39, 0.29) is 6.10 Å². The number of β-amino-alcohol motifs (C(OH)–C–C–N with tert-alkyl or cyclic N) is 1. The summed E-state index contributed by atoms with van der Waals surface area (Å²) < 4.78 is 0. The van der Waals surface area contributed by atoms with Crippen LogP contribution in [0.5, 0.6) is 0 Å². The predicted octanol–water partition coefficient (Wildman–Crippen LogP) is 1.10. The van der Waals surface area contributed by atoms with Gasteiger partial charge < -0.3 is 10.0 Å². The first kappa shape index (κ1) is 8.52. The van der Waals surface area contributed by atoms with Crippen molar-refractivity contribution in [3.05, 3.63) is 0 Å². The van der Waals surface area contributed by atoms with Crippen LogP contribution in [0.1, 0.15) is 26.2 Å². The van der Waals surface area contributed by atoms with Gasteiger partial charge in [-0.15, -0.1) is 0 Å². The van der Waals surface area contributed by atoms with Crippen LogP contribution >= 0.6 is 0 Å². The molecule has 2 rings (SSSR count). The molecule has 0 aromatic rings. The van der Waals surface area contributed by atoms with Gasteiger partial charge >= 0.3 is 0 Å². The Labute approximate surface area is 74.6 Å². The van der Waals surface area contributed by atoms with Gasteiger partial charge in [0.15, 0.2) is 0 Å². The molecule has 1 heterocycles. The molecule has 0 aromatic heterocycles. The highest BCUT2D eigenvalue weighted by Gasteiger charge is 2.29. The molecule has 12 heavy (non-hydrogen) atoms. The molecule has 0 spiro atoms. The quantitative estimate of drug-likeness (QED) is 0.669. The molecule has 1 N–H and O–H groups in total. The van der Waals surface area contributed by atoms with Crippen molar-refractivity contribution in [2.24, 2.45) is 11.8 Å². The van der Waals surface area contributed by atoms with Crippen LogP contribution in [-0.4, -0.2) is 35.7 Å². The number of likely N-dealkylation sites (tertiary alicyclic amines) is 1. The number of hydrogen-bond acceptors (Lipinski definition) is 2. The van der Waals surface area contributed by atoms with Crippen molar-refractivity contribution in [3.8, 4) is 0 Å². The largest absolute Gasteiger partial charge is 0.392 e. The summed E-state index contributed by atoms with van der Waals surface area (Å²) in [4.78, 5) is 2.43. The second kappa shape index (κ2) is 3.35. The fourth-order valence-electron chi connectivity index (χ4n) is 1.95. The highest BCUT2D eigenvalue weighted by Crippen LogP contribution is 2.31. The lowest BCUT2D eigenvalue weighted by atomic mass is 9.96. The van der Waals surface area contributed by atoms with Crippen molar-refractivity contribution >= 4 is 0 Å². The zero-order valence-electron chi connectivity index (χ0n) is 7.87. The average Bonchev–Trinajstić information content (AvgIpc) is 2.81. The summed E-state index contributed by atoms with van der Waals surface area (Å²) in [5.74, 6) is 1.48. The van der Waals surface area contributed by atoms with Crippen molar-refractivity contribution in [1.29, 1.82) is 0 Å². The van der Waals surface area contributed by atoms with Gasteiger partial charge in [0, 0.05) is 13.1 Å². The molecular weight excluding hydrogens is 150 g/mol. The van der Waals surface area contributed by atoms with Crippen LogP contribution in [0, 0.1) is 11.8 Å². The smallest absolute Gasteiger partial charge is 0.0693 e. The maximum atomic E-state index is 9.64. The summed E-state index contributed by atoms with van der Waals surface area (Å²) in [5, 5.41) is 9.64. The lowest BCUT2D eigenvalue weighted by Gasteiger charge is -2.34. The van der Waals surface area contributed by atoms with Crippen LogP contribution in [0.4, 0.5) is 0 Å². The summed E-state index contributed by atoms with van der Waals surface area (Å²) in [6.45, 7) is 5.51. The molecule has 2 atom stereocenters. The van der Waals surface area contributed by atoms with Crippen LogP contribution in [0.25, 0.3) is 0 Å². The van der Waals surface area contributed by atoms with Crippen LogP contribution < -0.4 is 0 Å². The third-order valence-electron chi connectivity index (χ3n) is 3.22. The summed E-state index contributed by atoms with van der Waals surface area (Å²) in [6, 6.07) is 0. The van der Waals surface area contributed by atoms with Crippen molar-refractivity contribution < 1.29 is 5.11 Å². The molecule has 1 saturated carbocycles. The van der Waals surface area contributed by atoms with E-state index in [4.69, 9.17) is 0 Å². The van der Waals surface area contributed by atoms with Gasteiger partial charge in [-0.1, -0.05) is 6.92 Å². The second-order valence-corrected chi connectivity index (χ2v) is 4.54. The normalized spacial score (nSPS) is 38.5. The molecule has 0 amide bonds. The van der Waals surface area contributed by atoms with E-state index < -0.39 is 0 Å². The van der Waals surface area contributed by atoms with E-state index in [0.29, 0.717) is 5.92 Å². The molecule has 0 radical (unpaired) electrons. The van der Waals surface area contributed by atoms with Crippen LogP contribution in [0.2, 0.25) is 0 Å².